The molecule has 8 heteroatoms. The number of esters is 1. The lowest BCUT2D eigenvalue weighted by atomic mass is 9.78. The van der Waals surface area contributed by atoms with E-state index in [1.165, 1.54) is 11.0 Å². The molecular formula is C20H29NO6S. The molecule has 2 rings (SSSR count). The molecule has 0 radical (unpaired) electrons. The lowest BCUT2D eigenvalue weighted by Gasteiger charge is -2.45. The second kappa shape index (κ2) is 7.73. The number of carbonyl (C=O) groups is 2. The van der Waals surface area contributed by atoms with Crippen molar-refractivity contribution in [2.45, 2.75) is 63.5 Å². The number of sulfone groups is 1. The van der Waals surface area contributed by atoms with Crippen molar-refractivity contribution >= 4 is 21.9 Å². The fourth-order valence-electron chi connectivity index (χ4n) is 3.54. The molecule has 0 bridgehead atoms. The Bertz CT molecular complexity index is 871. The second-order valence-electron chi connectivity index (χ2n) is 7.91. The van der Waals surface area contributed by atoms with E-state index in [1.54, 1.807) is 46.8 Å². The van der Waals surface area contributed by atoms with Gasteiger partial charge >= 0.3 is 12.1 Å². The molecule has 0 aliphatic carbocycles. The highest BCUT2D eigenvalue weighted by atomic mass is 32.2. The van der Waals surface area contributed by atoms with Gasteiger partial charge < -0.3 is 9.47 Å². The van der Waals surface area contributed by atoms with E-state index in [9.17, 15) is 18.0 Å². The predicted molar refractivity (Wildman–Crippen MR) is 105 cm³/mol. The first-order chi connectivity index (χ1) is 12.9. The molecule has 1 aliphatic rings. The maximum absolute atomic E-state index is 13.1. The monoisotopic (exact) mass is 411 g/mol. The Labute approximate surface area is 166 Å². The maximum atomic E-state index is 13.1. The topological polar surface area (TPSA) is 90.0 Å². The summed E-state index contributed by atoms with van der Waals surface area (Å²) in [5.41, 5.74) is -0.774. The Morgan fingerprint density at radius 1 is 1.21 bits per heavy atom. The quantitative estimate of drug-likeness (QED) is 0.708. The number of ether oxygens (including phenoxy) is 2. The normalized spacial score (nSPS) is 19.7. The van der Waals surface area contributed by atoms with Gasteiger partial charge in [0.15, 0.2) is 15.4 Å². The minimum Gasteiger partial charge on any atom is -0.464 e. The zero-order valence-corrected chi connectivity index (χ0v) is 18.2. The molecule has 1 aromatic carbocycles. The number of rotatable bonds is 4. The summed E-state index contributed by atoms with van der Waals surface area (Å²) in [6.45, 7) is 9.18. The van der Waals surface area contributed by atoms with Crippen molar-refractivity contribution in [2.24, 2.45) is 0 Å². The SMILES string of the molecule is CCOC(=O)C1(CC)c2ccc(S(C)(=O)=O)cc2CCN1C(=O)OC(C)(C)C. The summed E-state index contributed by atoms with van der Waals surface area (Å²) in [5.74, 6) is -0.545. The Morgan fingerprint density at radius 3 is 2.36 bits per heavy atom. The summed E-state index contributed by atoms with van der Waals surface area (Å²) in [5, 5.41) is 0. The summed E-state index contributed by atoms with van der Waals surface area (Å²) >= 11 is 0. The van der Waals surface area contributed by atoms with E-state index < -0.39 is 33.0 Å². The molecule has 1 atom stereocenters. The molecule has 1 aliphatic heterocycles. The fraction of sp³-hybridized carbons (Fsp3) is 0.600. The van der Waals surface area contributed by atoms with Crippen LogP contribution in [0.5, 0.6) is 0 Å². The summed E-state index contributed by atoms with van der Waals surface area (Å²) in [6.07, 6.45) is 1.23. The first kappa shape index (κ1) is 22.2. The maximum Gasteiger partial charge on any atom is 0.411 e. The largest absolute Gasteiger partial charge is 0.464 e. The van der Waals surface area contributed by atoms with Crippen LogP contribution in [0.3, 0.4) is 0 Å². The predicted octanol–water partition coefficient (Wildman–Crippen LogP) is 3.05. The van der Waals surface area contributed by atoms with Crippen molar-refractivity contribution in [3.05, 3.63) is 29.3 Å². The van der Waals surface area contributed by atoms with Crippen LogP contribution >= 0.6 is 0 Å². The van der Waals surface area contributed by atoms with Crippen molar-refractivity contribution in [1.29, 1.82) is 0 Å². The first-order valence-electron chi connectivity index (χ1n) is 9.38. The van der Waals surface area contributed by atoms with Gasteiger partial charge in [0.25, 0.3) is 0 Å². The van der Waals surface area contributed by atoms with Crippen LogP contribution in [0.1, 0.15) is 52.2 Å². The Balaban J connectivity index is 2.65. The van der Waals surface area contributed by atoms with Crippen LogP contribution in [0.15, 0.2) is 23.1 Å². The second-order valence-corrected chi connectivity index (χ2v) is 9.92. The van der Waals surface area contributed by atoms with Crippen LogP contribution < -0.4 is 0 Å². The zero-order chi connectivity index (χ0) is 21.3. The third-order valence-corrected chi connectivity index (χ3v) is 5.86. The molecule has 0 aromatic heterocycles. The van der Waals surface area contributed by atoms with Gasteiger partial charge in [-0.15, -0.1) is 0 Å². The molecule has 0 N–H and O–H groups in total. The van der Waals surface area contributed by atoms with Crippen molar-refractivity contribution in [3.8, 4) is 0 Å². The minimum absolute atomic E-state index is 0.166. The number of hydrogen-bond acceptors (Lipinski definition) is 6. The van der Waals surface area contributed by atoms with Gasteiger partial charge in [-0.3, -0.25) is 4.90 Å². The van der Waals surface area contributed by atoms with Crippen molar-refractivity contribution in [1.82, 2.24) is 4.90 Å². The lowest BCUT2D eigenvalue weighted by Crippen LogP contribution is -2.59. The van der Waals surface area contributed by atoms with Crippen LogP contribution in [-0.2, 0) is 36.1 Å². The average Bonchev–Trinajstić information content (AvgIpc) is 2.57. The molecule has 7 nitrogen and oxygen atoms in total. The Morgan fingerprint density at radius 2 is 1.86 bits per heavy atom. The summed E-state index contributed by atoms with van der Waals surface area (Å²) in [7, 11) is -3.39. The van der Waals surface area contributed by atoms with Crippen LogP contribution in [0.4, 0.5) is 4.79 Å². The van der Waals surface area contributed by atoms with Gasteiger partial charge in [0.2, 0.25) is 0 Å². The summed E-state index contributed by atoms with van der Waals surface area (Å²) < 4.78 is 34.8. The van der Waals surface area contributed by atoms with Crippen molar-refractivity contribution < 1.29 is 27.5 Å². The first-order valence-corrected chi connectivity index (χ1v) is 11.3. The fourth-order valence-corrected chi connectivity index (χ4v) is 4.21. The van der Waals surface area contributed by atoms with E-state index in [1.807, 2.05) is 0 Å². The zero-order valence-electron chi connectivity index (χ0n) is 17.4. The number of carbonyl (C=O) groups excluding carboxylic acids is 2. The highest BCUT2D eigenvalue weighted by molar-refractivity contribution is 7.90. The molecule has 156 valence electrons. The van der Waals surface area contributed by atoms with E-state index in [0.29, 0.717) is 12.0 Å². The standard InChI is InChI=1S/C20H29NO6S/c1-7-20(17(22)26-8-2)16-10-9-15(28(6,24)25)13-14(16)11-12-21(20)18(23)27-19(3,4)5/h9-10,13H,7-8,11-12H2,1-6H3. The van der Waals surface area contributed by atoms with Crippen LogP contribution in [0, 0.1) is 0 Å². The number of amides is 1. The number of nitrogens with zero attached hydrogens (tertiary/aromatic N) is 1. The Kier molecular flexibility index (Phi) is 6.13. The van der Waals surface area contributed by atoms with E-state index in [4.69, 9.17) is 9.47 Å². The molecule has 0 spiro atoms. The van der Waals surface area contributed by atoms with Crippen molar-refractivity contribution in [3.63, 3.8) is 0 Å². The van der Waals surface area contributed by atoms with E-state index in [-0.39, 0.29) is 24.5 Å². The molecule has 1 amide bonds. The Hall–Kier alpha value is -2.09. The van der Waals surface area contributed by atoms with Gasteiger partial charge in [-0.25, -0.2) is 18.0 Å². The van der Waals surface area contributed by atoms with Gasteiger partial charge in [-0.2, -0.15) is 0 Å². The molecule has 1 aromatic rings. The summed E-state index contributed by atoms with van der Waals surface area (Å²) in [6, 6.07) is 4.67. The highest BCUT2D eigenvalue weighted by Crippen LogP contribution is 2.41. The summed E-state index contributed by atoms with van der Waals surface area (Å²) in [4.78, 5) is 27.6. The van der Waals surface area contributed by atoms with Gasteiger partial charge in [0.1, 0.15) is 5.60 Å². The number of fused-ring (bicyclic) bond motifs is 1. The molecule has 28 heavy (non-hydrogen) atoms. The van der Waals surface area contributed by atoms with Crippen LogP contribution in [0.2, 0.25) is 0 Å². The van der Waals surface area contributed by atoms with Gasteiger partial charge in [0, 0.05) is 12.8 Å². The number of hydrogen-bond donors (Lipinski definition) is 0. The molecular weight excluding hydrogens is 382 g/mol. The number of benzene rings is 1. The van der Waals surface area contributed by atoms with E-state index in [2.05, 4.69) is 0 Å². The van der Waals surface area contributed by atoms with Gasteiger partial charge in [0.05, 0.1) is 11.5 Å². The highest BCUT2D eigenvalue weighted by Gasteiger charge is 2.52. The molecule has 0 saturated carbocycles. The molecule has 0 saturated heterocycles. The van der Waals surface area contributed by atoms with E-state index in [0.717, 1.165) is 11.8 Å². The van der Waals surface area contributed by atoms with Crippen molar-refractivity contribution in [2.75, 3.05) is 19.4 Å². The van der Waals surface area contributed by atoms with Gasteiger partial charge in [-0.1, -0.05) is 13.0 Å². The third-order valence-electron chi connectivity index (χ3n) is 4.75. The minimum atomic E-state index is -3.39. The van der Waals surface area contributed by atoms with E-state index >= 15 is 0 Å². The van der Waals surface area contributed by atoms with Gasteiger partial charge in [-0.05, 0) is 63.8 Å². The lowest BCUT2D eigenvalue weighted by molar-refractivity contribution is -0.159. The average molecular weight is 412 g/mol. The molecule has 1 unspecified atom stereocenters. The van der Waals surface area contributed by atoms with Crippen LogP contribution in [-0.4, -0.2) is 50.4 Å². The van der Waals surface area contributed by atoms with Crippen LogP contribution in [0.25, 0.3) is 0 Å². The molecule has 1 heterocycles. The smallest absolute Gasteiger partial charge is 0.411 e. The molecule has 0 fully saturated rings. The third kappa shape index (κ3) is 4.16.